The zero-order chi connectivity index (χ0) is 40.6. The normalized spacial score (nSPS) is 18.5. The summed E-state index contributed by atoms with van der Waals surface area (Å²) < 4.78 is 2.85. The lowest BCUT2D eigenvalue weighted by Gasteiger charge is -2.62. The van der Waals surface area contributed by atoms with E-state index in [9.17, 15) is 0 Å². The molecule has 9 aromatic rings. The first-order valence-corrected chi connectivity index (χ1v) is 26.7. The van der Waals surface area contributed by atoms with Crippen LogP contribution in [0.2, 0.25) is 0 Å². The van der Waals surface area contributed by atoms with Gasteiger partial charge in [0.15, 0.2) is 0 Å². The van der Waals surface area contributed by atoms with Crippen LogP contribution in [-0.2, 0) is 10.8 Å². The van der Waals surface area contributed by atoms with Crippen molar-refractivity contribution in [2.24, 2.45) is 0 Å². The van der Waals surface area contributed by atoms with E-state index in [0.29, 0.717) is 0 Å². The van der Waals surface area contributed by atoms with Crippen molar-refractivity contribution in [2.75, 3.05) is 4.90 Å². The van der Waals surface area contributed by atoms with Crippen LogP contribution < -0.4 is 15.8 Å². The van der Waals surface area contributed by atoms with E-state index in [1.807, 2.05) is 0 Å². The number of para-hydroxylation sites is 3. The second-order valence-corrected chi connectivity index (χ2v) is 29.0. The number of halogens is 1. The van der Waals surface area contributed by atoms with Gasteiger partial charge < -0.3 is 9.38 Å². The molecule has 0 fully saturated rings. The predicted molar refractivity (Wildman–Crippen MR) is 266 cm³/mol. The van der Waals surface area contributed by atoms with Crippen LogP contribution in [0, 0.1) is 0 Å². The zero-order valence-electron chi connectivity index (χ0n) is 34.4. The first-order chi connectivity index (χ1) is 29.7. The van der Waals surface area contributed by atoms with E-state index < -0.39 is 6.33 Å². The van der Waals surface area contributed by atoms with Gasteiger partial charge in [-0.25, -0.2) is 0 Å². The number of anilines is 3. The molecule has 0 radical (unpaired) electrons. The van der Waals surface area contributed by atoms with Crippen molar-refractivity contribution in [2.45, 2.75) is 58.1 Å². The molecule has 0 bridgehead atoms. The molecule has 2 nitrogen and oxygen atoms in total. The molecule has 15 rings (SSSR count). The van der Waals surface area contributed by atoms with Gasteiger partial charge in [0.1, 0.15) is 0 Å². The van der Waals surface area contributed by atoms with Crippen LogP contribution in [0.15, 0.2) is 183 Å². The van der Waals surface area contributed by atoms with Crippen molar-refractivity contribution in [1.29, 1.82) is 0 Å². The highest BCUT2D eigenvalue weighted by Gasteiger charge is 2.60. The van der Waals surface area contributed by atoms with Gasteiger partial charge in [0, 0.05) is 63.8 Å². The van der Waals surface area contributed by atoms with Gasteiger partial charge in [-0.05, 0) is 119 Å². The lowest BCUT2D eigenvalue weighted by molar-refractivity contribution is 0.632. The number of aromatic nitrogens is 1. The SMILES string of the molecule is CC1(C)c2ccccc2-c2cc3c4c(c21)-c1cccc2c5c(n(c12)B4c1cccc2c1N3c1ccccc1[SH]21(I)c2ccccc2-c2ccccc21)C(C)(C)c1ccccc1-5. The minimum atomic E-state index is -3.36. The van der Waals surface area contributed by atoms with Gasteiger partial charge in [0.2, 0.25) is 0 Å². The number of fused-ring (bicyclic) bond motifs is 22. The molecule has 61 heavy (non-hydrogen) atoms. The molecule has 8 aromatic carbocycles. The number of hydrogen-bond acceptors (Lipinski definition) is 1. The third kappa shape index (κ3) is 3.38. The summed E-state index contributed by atoms with van der Waals surface area (Å²) in [4.78, 5) is 8.60. The second kappa shape index (κ2) is 10.5. The molecule has 5 heteroatoms. The van der Waals surface area contributed by atoms with Crippen molar-refractivity contribution >= 4 is 73.3 Å². The van der Waals surface area contributed by atoms with E-state index >= 15 is 0 Å². The molecule has 5 heterocycles. The van der Waals surface area contributed by atoms with E-state index in [2.05, 4.69) is 222 Å². The highest BCUT2D eigenvalue weighted by atomic mass is 127. The summed E-state index contributed by atoms with van der Waals surface area (Å²) in [5.74, 6) is 0. The summed E-state index contributed by atoms with van der Waals surface area (Å²) in [5, 5.41) is 1.37. The predicted octanol–water partition coefficient (Wildman–Crippen LogP) is 13.9. The van der Waals surface area contributed by atoms with Gasteiger partial charge >= 0.3 is 6.85 Å². The lowest BCUT2D eigenvalue weighted by Crippen LogP contribution is -2.59. The summed E-state index contributed by atoms with van der Waals surface area (Å²) in [6.45, 7) is 9.85. The van der Waals surface area contributed by atoms with E-state index in [1.165, 1.54) is 125 Å². The van der Waals surface area contributed by atoms with Gasteiger partial charge in [-0.1, -0.05) is 155 Å². The minimum Gasteiger partial charge on any atom is -0.378 e. The van der Waals surface area contributed by atoms with E-state index in [-0.39, 0.29) is 17.7 Å². The molecule has 1 spiro atoms. The number of rotatable bonds is 0. The Morgan fingerprint density at radius 2 is 1.07 bits per heavy atom. The Bertz CT molecular complexity index is 3570. The van der Waals surface area contributed by atoms with Gasteiger partial charge in [0.25, 0.3) is 0 Å². The van der Waals surface area contributed by atoms with Crippen molar-refractivity contribution < 1.29 is 0 Å². The van der Waals surface area contributed by atoms with Crippen LogP contribution in [0.25, 0.3) is 55.4 Å². The zero-order valence-corrected chi connectivity index (χ0v) is 37.4. The molecule has 4 aliphatic heterocycles. The maximum atomic E-state index is 3.06. The Balaban J connectivity index is 1.18. The van der Waals surface area contributed by atoms with Crippen LogP contribution >= 0.6 is 27.5 Å². The standard InChI is InChI=1S/C56H40BIN2S/c1-55(2)39-23-9-5-17-32(39)38-31-43-51-49(50(38)55)37-22-15-21-36-48-35-20-6-10-24-40(35)56(3,4)54(48)60(52(36)37)57(51)41-25-16-30-47-53(41)59(43)42-26-11-14-29-46(42)61(47,58)44-27-12-7-18-33(44)34-19-8-13-28-45(34)61/h5-31,61H,1-4H3. The van der Waals surface area contributed by atoms with Crippen LogP contribution in [0.3, 0.4) is 0 Å². The molecule has 1 aromatic heterocycles. The second-order valence-electron chi connectivity index (χ2n) is 19.2. The first kappa shape index (κ1) is 33.9. The molecule has 0 saturated heterocycles. The topological polar surface area (TPSA) is 8.17 Å². The van der Waals surface area contributed by atoms with E-state index in [1.54, 1.807) is 0 Å². The van der Waals surface area contributed by atoms with Gasteiger partial charge in [0.05, 0.1) is 11.4 Å². The smallest absolute Gasteiger partial charge is 0.332 e. The molecule has 0 N–H and O–H groups in total. The molecule has 0 saturated carbocycles. The molecular weight excluding hydrogens is 870 g/mol. The quantitative estimate of drug-likeness (QED) is 0.0905. The number of nitrogens with zero attached hydrogens (tertiary/aromatic N) is 2. The highest BCUT2D eigenvalue weighted by molar-refractivity contribution is 14.2. The Labute approximate surface area is 368 Å². The van der Waals surface area contributed by atoms with E-state index in [4.69, 9.17) is 0 Å². The van der Waals surface area contributed by atoms with Gasteiger partial charge in [-0.2, -0.15) is 6.33 Å². The summed E-state index contributed by atoms with van der Waals surface area (Å²) in [6, 6.07) is 63.9. The fourth-order valence-corrected chi connectivity index (χ4v) is 24.3. The van der Waals surface area contributed by atoms with Crippen LogP contribution in [-0.4, -0.2) is 11.3 Å². The van der Waals surface area contributed by atoms with Crippen LogP contribution in [0.4, 0.5) is 17.1 Å². The van der Waals surface area contributed by atoms with Crippen LogP contribution in [0.5, 0.6) is 0 Å². The lowest BCUT2D eigenvalue weighted by atomic mass is 9.44. The molecule has 0 amide bonds. The van der Waals surface area contributed by atoms with Gasteiger partial charge in [-0.15, -0.1) is 0 Å². The molecular formula is C56H40BIN2S. The molecule has 2 aliphatic carbocycles. The third-order valence-electron chi connectivity index (χ3n) is 16.0. The fraction of sp³-hybridized carbons (Fsp3) is 0.107. The van der Waals surface area contributed by atoms with Crippen LogP contribution in [0.1, 0.15) is 50.1 Å². The summed E-state index contributed by atoms with van der Waals surface area (Å²) in [5.41, 5.74) is 24.7. The van der Waals surface area contributed by atoms with Crippen molar-refractivity contribution in [3.8, 4) is 44.5 Å². The minimum absolute atomic E-state index is 0.0301. The monoisotopic (exact) mass is 910 g/mol. The van der Waals surface area contributed by atoms with Crippen molar-refractivity contribution in [1.82, 2.24) is 4.48 Å². The average Bonchev–Trinajstić information content (AvgIpc) is 3.92. The summed E-state index contributed by atoms with van der Waals surface area (Å²) in [7, 11) is 0. The highest BCUT2D eigenvalue weighted by Crippen LogP contribution is 3.02. The maximum Gasteiger partial charge on any atom is 0.332 e. The van der Waals surface area contributed by atoms with E-state index in [0.717, 1.165) is 0 Å². The number of hydrogen-bond donors (Lipinski definition) is 1. The largest absolute Gasteiger partial charge is 0.378 e. The molecule has 0 unspecified atom stereocenters. The Morgan fingerprint density at radius 3 is 1.80 bits per heavy atom. The maximum absolute atomic E-state index is 3.36. The van der Waals surface area contributed by atoms with Gasteiger partial charge in [-0.3, -0.25) is 0 Å². The Morgan fingerprint density at radius 1 is 0.492 bits per heavy atom. The third-order valence-corrected chi connectivity index (χ3v) is 27.4. The molecule has 290 valence electrons. The number of benzene rings is 8. The van der Waals surface area contributed by atoms with Crippen molar-refractivity contribution in [3.63, 3.8) is 0 Å². The summed E-state index contributed by atoms with van der Waals surface area (Å²) >= 11 is 3.06. The first-order valence-electron chi connectivity index (χ1n) is 21.7. The Kier molecular flexibility index (Phi) is 5.81. The molecule has 6 aliphatic rings. The average molecular weight is 911 g/mol. The van der Waals surface area contributed by atoms with Crippen molar-refractivity contribution in [3.05, 3.63) is 186 Å². The fourth-order valence-electron chi connectivity index (χ4n) is 13.8. The summed E-state index contributed by atoms with van der Waals surface area (Å²) in [6.07, 6.45) is -3.36. The number of thiol groups is 1. The molecule has 0 atom stereocenters. The Hall–Kier alpha value is -5.76.